The lowest BCUT2D eigenvalue weighted by atomic mass is 10.1. The van der Waals surface area contributed by atoms with Crippen molar-refractivity contribution in [3.8, 4) is 5.82 Å². The van der Waals surface area contributed by atoms with Crippen LogP contribution in [0.25, 0.3) is 5.82 Å². The molecule has 0 fully saturated rings. The molecule has 3 aromatic heterocycles. The van der Waals surface area contributed by atoms with E-state index in [1.807, 2.05) is 0 Å². The number of nitrogens with one attached hydrogen (secondary N) is 2. The van der Waals surface area contributed by atoms with E-state index in [9.17, 15) is 45.1 Å². The number of alkyl halides is 7. The van der Waals surface area contributed by atoms with Crippen LogP contribution in [0.1, 0.15) is 37.9 Å². The van der Waals surface area contributed by atoms with Crippen LogP contribution in [0.5, 0.6) is 0 Å². The number of aromatic nitrogens is 7. The van der Waals surface area contributed by atoms with Crippen LogP contribution in [0.4, 0.5) is 41.2 Å². The summed E-state index contributed by atoms with van der Waals surface area (Å²) < 4.78 is 98.5. The van der Waals surface area contributed by atoms with E-state index in [1.54, 1.807) is 0 Å². The Morgan fingerprint density at radius 2 is 1.71 bits per heavy atom. The molecule has 0 spiro atoms. The average Bonchev–Trinajstić information content (AvgIpc) is 3.65. The van der Waals surface area contributed by atoms with Gasteiger partial charge in [0, 0.05) is 18.3 Å². The number of hydrazine groups is 1. The van der Waals surface area contributed by atoms with E-state index in [2.05, 4.69) is 41.0 Å². The van der Waals surface area contributed by atoms with Gasteiger partial charge >= 0.3 is 24.1 Å². The van der Waals surface area contributed by atoms with Crippen molar-refractivity contribution >= 4 is 46.8 Å². The van der Waals surface area contributed by atoms with E-state index in [1.165, 1.54) is 44.4 Å². The second-order valence-corrected chi connectivity index (χ2v) is 10.4. The number of ether oxygens (including phenoxy) is 1. The number of tetrazole rings is 1. The normalized spacial score (nSPS) is 12.1. The van der Waals surface area contributed by atoms with E-state index in [4.69, 9.17) is 23.2 Å². The van der Waals surface area contributed by atoms with Crippen molar-refractivity contribution in [2.45, 2.75) is 31.5 Å². The third kappa shape index (κ3) is 6.95. The van der Waals surface area contributed by atoms with Gasteiger partial charge in [-0.1, -0.05) is 23.2 Å². The van der Waals surface area contributed by atoms with Gasteiger partial charge < -0.3 is 10.1 Å². The minimum atomic E-state index is -6.63. The molecule has 0 saturated heterocycles. The van der Waals surface area contributed by atoms with Crippen molar-refractivity contribution in [2.24, 2.45) is 0 Å². The predicted octanol–water partition coefficient (Wildman–Crippen LogP) is 4.80. The monoisotopic (exact) mass is 726 g/mol. The highest BCUT2D eigenvalue weighted by atomic mass is 35.5. The van der Waals surface area contributed by atoms with Crippen LogP contribution in [0.3, 0.4) is 0 Å². The Hall–Kier alpha value is -5.05. The van der Waals surface area contributed by atoms with Gasteiger partial charge in [-0.05, 0) is 48.0 Å². The quantitative estimate of drug-likeness (QED) is 0.192. The van der Waals surface area contributed by atoms with Crippen molar-refractivity contribution in [3.05, 3.63) is 74.9 Å². The van der Waals surface area contributed by atoms with Crippen LogP contribution in [0.15, 0.2) is 36.5 Å². The van der Waals surface area contributed by atoms with Gasteiger partial charge in [0.1, 0.15) is 12.2 Å². The second-order valence-electron chi connectivity index (χ2n) is 9.60. The van der Waals surface area contributed by atoms with Gasteiger partial charge in [0.15, 0.2) is 5.82 Å². The number of pyridine rings is 1. The molecule has 3 heterocycles. The van der Waals surface area contributed by atoms with Gasteiger partial charge in [-0.15, -0.1) is 10.2 Å². The van der Waals surface area contributed by atoms with Crippen molar-refractivity contribution < 1.29 is 49.9 Å². The van der Waals surface area contributed by atoms with E-state index in [0.29, 0.717) is 0 Å². The Bertz CT molecular complexity index is 1880. The summed E-state index contributed by atoms with van der Waals surface area (Å²) in [5, 5.41) is 16.2. The molecule has 0 aliphatic carbocycles. The third-order valence-corrected chi connectivity index (χ3v) is 6.73. The van der Waals surface area contributed by atoms with Crippen LogP contribution in [0, 0.1) is 6.92 Å². The molecule has 4 rings (SSSR count). The fourth-order valence-electron chi connectivity index (χ4n) is 3.92. The van der Waals surface area contributed by atoms with Crippen molar-refractivity contribution in [1.82, 2.24) is 45.4 Å². The number of rotatable bonds is 8. The fraction of sp³-hybridized carbons (Fsp3) is 0.280. The zero-order valence-corrected chi connectivity index (χ0v) is 25.8. The van der Waals surface area contributed by atoms with Crippen LogP contribution in [0.2, 0.25) is 10.0 Å². The molecule has 0 unspecified atom stereocenters. The maximum atomic E-state index is 14.1. The number of aryl methyl sites for hydroxylation is 1. The van der Waals surface area contributed by atoms with Gasteiger partial charge in [0.25, 0.3) is 17.6 Å². The molecule has 1 aromatic carbocycles. The molecule has 0 aliphatic rings. The summed E-state index contributed by atoms with van der Waals surface area (Å²) in [4.78, 5) is 42.8. The Morgan fingerprint density at radius 1 is 1.02 bits per heavy atom. The largest absolute Gasteiger partial charge is 0.460 e. The predicted molar refractivity (Wildman–Crippen MR) is 150 cm³/mol. The number of halogens is 9. The molecule has 2 N–H and O–H groups in total. The number of carbonyl (C=O) groups is 3. The highest BCUT2D eigenvalue weighted by molar-refractivity contribution is 6.32. The maximum Gasteiger partial charge on any atom is 0.460 e. The average molecular weight is 727 g/mol. The number of hydrogen-bond acceptors (Lipinski definition) is 9. The highest BCUT2D eigenvalue weighted by Gasteiger charge is 2.75. The molecule has 0 aliphatic heterocycles. The Labute approximate surface area is 273 Å². The van der Waals surface area contributed by atoms with E-state index in [-0.39, 0.29) is 48.9 Å². The smallest absolute Gasteiger partial charge is 0.452 e. The molecule has 3 amide bonds. The molecule has 4 aromatic rings. The Kier molecular flexibility index (Phi) is 9.86. The first-order chi connectivity index (χ1) is 22.3. The summed E-state index contributed by atoms with van der Waals surface area (Å²) in [6.45, 7) is 0.721. The third-order valence-electron chi connectivity index (χ3n) is 6.22. The summed E-state index contributed by atoms with van der Waals surface area (Å²) >= 11 is 12.4. The number of anilines is 1. The fourth-order valence-corrected chi connectivity index (χ4v) is 4.40. The lowest BCUT2D eigenvalue weighted by Crippen LogP contribution is -2.50. The van der Waals surface area contributed by atoms with Gasteiger partial charge in [-0.25, -0.2) is 19.5 Å². The van der Waals surface area contributed by atoms with E-state index >= 15 is 0 Å². The molecular formula is C25H19Cl2F7N10O4. The molecule has 0 bridgehead atoms. The van der Waals surface area contributed by atoms with E-state index in [0.717, 1.165) is 22.9 Å². The zero-order chi connectivity index (χ0) is 35.8. The van der Waals surface area contributed by atoms with Crippen LogP contribution in [-0.2, 0) is 17.2 Å². The molecule has 23 heteroatoms. The number of methoxy groups -OCH3 is 1. The second kappa shape index (κ2) is 13.2. The first kappa shape index (κ1) is 35.8. The topological polar surface area (TPSA) is 162 Å². The lowest BCUT2D eigenvalue weighted by molar-refractivity contribution is -0.361. The van der Waals surface area contributed by atoms with Crippen molar-refractivity contribution in [3.63, 3.8) is 0 Å². The van der Waals surface area contributed by atoms with Crippen LogP contribution >= 0.6 is 23.2 Å². The molecule has 0 saturated carbocycles. The SMILES string of the molecule is COC(=O)N(C)NC(=O)c1cc(Cl)cc(C)c1NC(=O)c1cc(Cn2nnc(C(F)(F)C(F)(F)C(F)(F)F)n2)nn1-c1ncccc1Cl. The lowest BCUT2D eigenvalue weighted by Gasteiger charge is -2.25. The van der Waals surface area contributed by atoms with E-state index < -0.39 is 48.3 Å². The molecule has 0 atom stereocenters. The summed E-state index contributed by atoms with van der Waals surface area (Å²) in [7, 11) is 2.26. The number of benzene rings is 1. The molecular weight excluding hydrogens is 708 g/mol. The number of hydrogen-bond donors (Lipinski definition) is 2. The summed E-state index contributed by atoms with van der Waals surface area (Å²) in [5.41, 5.74) is 1.64. The number of amides is 3. The first-order valence-corrected chi connectivity index (χ1v) is 13.6. The molecule has 14 nitrogen and oxygen atoms in total. The number of carbonyl (C=O) groups excluding carboxylic acids is 3. The summed E-state index contributed by atoms with van der Waals surface area (Å²) in [6.07, 6.45) is -6.28. The van der Waals surface area contributed by atoms with Crippen molar-refractivity contribution in [2.75, 3.05) is 19.5 Å². The molecule has 48 heavy (non-hydrogen) atoms. The van der Waals surface area contributed by atoms with Crippen LogP contribution in [-0.4, -0.2) is 84.1 Å². The minimum Gasteiger partial charge on any atom is -0.452 e. The minimum absolute atomic E-state index is 0.0371. The van der Waals surface area contributed by atoms with Gasteiger partial charge in [-0.3, -0.25) is 15.0 Å². The molecule has 256 valence electrons. The highest BCUT2D eigenvalue weighted by Crippen LogP contribution is 2.50. The van der Waals surface area contributed by atoms with Gasteiger partial charge in [0.2, 0.25) is 0 Å². The Morgan fingerprint density at radius 3 is 2.33 bits per heavy atom. The van der Waals surface area contributed by atoms with Gasteiger partial charge in [-0.2, -0.15) is 40.6 Å². The van der Waals surface area contributed by atoms with Crippen molar-refractivity contribution in [1.29, 1.82) is 0 Å². The first-order valence-electron chi connectivity index (χ1n) is 12.8. The maximum absolute atomic E-state index is 14.1. The standard InChI is InChI=1S/C25H19Cl2F7N10O4/c1-11-7-12(26)8-14(19(45)39-42(2)22(47)48-3)17(11)36-20(46)16-9-13(38-44(16)18-15(27)5-4-6-35-18)10-43-40-21(37-41-43)23(28,29)24(30,31)25(32,33)34/h4-9H,10H2,1-3H3,(H,36,46)(H,39,45). The summed E-state index contributed by atoms with van der Waals surface area (Å²) in [5.74, 6) is -16.6. The number of nitrogens with zero attached hydrogens (tertiary/aromatic N) is 8. The zero-order valence-electron chi connectivity index (χ0n) is 24.3. The van der Waals surface area contributed by atoms with Crippen LogP contribution < -0.4 is 10.7 Å². The van der Waals surface area contributed by atoms with Gasteiger partial charge in [0.05, 0.1) is 29.1 Å². The summed E-state index contributed by atoms with van der Waals surface area (Å²) in [6, 6.07) is 6.46. The molecule has 0 radical (unpaired) electrons. The Balaban J connectivity index is 1.72.